The third-order valence-electron chi connectivity index (χ3n) is 8.63. The van der Waals surface area contributed by atoms with Gasteiger partial charge in [-0.15, -0.1) is 11.6 Å². The van der Waals surface area contributed by atoms with Gasteiger partial charge in [0.2, 0.25) is 6.10 Å². The van der Waals surface area contributed by atoms with Crippen LogP contribution in [0.5, 0.6) is 0 Å². The van der Waals surface area contributed by atoms with E-state index in [1.807, 2.05) is 0 Å². The van der Waals surface area contributed by atoms with E-state index < -0.39 is 145 Å². The summed E-state index contributed by atoms with van der Waals surface area (Å²) in [5.41, 5.74) is -5.49. The summed E-state index contributed by atoms with van der Waals surface area (Å²) in [4.78, 5) is 91.0. The molecule has 2 aromatic heterocycles. The Labute approximate surface area is 403 Å². The van der Waals surface area contributed by atoms with Gasteiger partial charge in [-0.2, -0.15) is 27.5 Å². The van der Waals surface area contributed by atoms with E-state index >= 15 is 8.78 Å². The van der Waals surface area contributed by atoms with Crippen molar-refractivity contribution in [3.63, 3.8) is 0 Å². The molecular weight excluding hydrogens is 972 g/mol. The van der Waals surface area contributed by atoms with E-state index in [4.69, 9.17) is 54.2 Å². The van der Waals surface area contributed by atoms with Gasteiger partial charge in [0, 0.05) is 12.4 Å². The van der Waals surface area contributed by atoms with Crippen LogP contribution in [0.1, 0.15) is 83.1 Å². The van der Waals surface area contributed by atoms with Crippen molar-refractivity contribution >= 4 is 53.7 Å². The molecule has 0 bridgehead atoms. The summed E-state index contributed by atoms with van der Waals surface area (Å²) in [6.07, 6.45) is -13.5. The number of aromatic nitrogens is 4. The van der Waals surface area contributed by atoms with Gasteiger partial charge in [-0.05, 0) is 95.2 Å². The number of carbonyl (C=O) groups excluding carboxylic acids is 5. The number of carbonyl (C=O) groups is 5. The van der Waals surface area contributed by atoms with E-state index in [9.17, 15) is 47.4 Å². The maximum Gasteiger partial charge on any atom is 0.509 e. The lowest BCUT2D eigenvalue weighted by Gasteiger charge is -2.26. The van der Waals surface area contributed by atoms with E-state index in [0.29, 0.717) is 0 Å². The van der Waals surface area contributed by atoms with Crippen LogP contribution in [-0.2, 0) is 60.5 Å². The van der Waals surface area contributed by atoms with Gasteiger partial charge in [0.25, 0.3) is 0 Å². The molecule has 2 aromatic rings. The number of esters is 1. The molecule has 2 aliphatic heterocycles. The number of hydrogen-bond acceptors (Lipinski definition) is 19. The van der Waals surface area contributed by atoms with Crippen LogP contribution in [0.25, 0.3) is 0 Å². The molecule has 0 saturated carbocycles. The molecule has 23 nitrogen and oxygen atoms in total. The molecule has 4 rings (SSSR count). The molecule has 4 heterocycles. The second-order valence-corrected chi connectivity index (χ2v) is 19.7. The topological polar surface area (TPSA) is 282 Å². The molecule has 0 radical (unpaired) electrons. The van der Waals surface area contributed by atoms with Crippen molar-refractivity contribution in [1.29, 1.82) is 0 Å². The monoisotopic (exact) mass is 1030 g/mol. The number of ether oxygens (including phenoxy) is 9. The van der Waals surface area contributed by atoms with Gasteiger partial charge in [-0.1, -0.05) is 0 Å². The minimum absolute atomic E-state index is 0.135. The van der Waals surface area contributed by atoms with Crippen molar-refractivity contribution in [1.82, 2.24) is 19.1 Å². The summed E-state index contributed by atoms with van der Waals surface area (Å²) >= 11 is 5.37. The molecule has 0 aromatic carbocycles. The second kappa shape index (κ2) is 23.0. The minimum atomic E-state index is -3.83. The fourth-order valence-electron chi connectivity index (χ4n) is 5.93. The third kappa shape index (κ3) is 18.2. The first-order valence-corrected chi connectivity index (χ1v) is 21.8. The van der Waals surface area contributed by atoms with Gasteiger partial charge in [0.05, 0.1) is 19.7 Å². The highest BCUT2D eigenvalue weighted by Gasteiger charge is 2.63. The number of aliphatic hydroxyl groups excluding tert-OH is 1. The first-order valence-electron chi connectivity index (χ1n) is 21.3. The van der Waals surface area contributed by atoms with Crippen molar-refractivity contribution in [3.05, 3.63) is 45.5 Å². The Bertz CT molecular complexity index is 2290. The summed E-state index contributed by atoms with van der Waals surface area (Å²) in [5, 5.41) is 14.0. The van der Waals surface area contributed by atoms with Crippen LogP contribution in [0.2, 0.25) is 0 Å². The first-order chi connectivity index (χ1) is 31.9. The van der Waals surface area contributed by atoms with Crippen LogP contribution in [0, 0.1) is 0 Å². The normalized spacial score (nSPS) is 21.8. The molecule has 28 heteroatoms. The van der Waals surface area contributed by atoms with E-state index in [1.54, 1.807) is 41.5 Å². The van der Waals surface area contributed by atoms with Crippen molar-refractivity contribution in [2.24, 2.45) is 0 Å². The molecule has 2 amide bonds. The quantitative estimate of drug-likeness (QED) is 0.104. The predicted octanol–water partition coefficient (Wildman–Crippen LogP) is 5.40. The molecule has 0 unspecified atom stereocenters. The van der Waals surface area contributed by atoms with Gasteiger partial charge in [-0.25, -0.2) is 28.8 Å². The van der Waals surface area contributed by atoms with Crippen LogP contribution >= 0.6 is 11.6 Å². The zero-order valence-electron chi connectivity index (χ0n) is 40.5. The number of alkyl halides is 5. The maximum absolute atomic E-state index is 15.3. The van der Waals surface area contributed by atoms with Crippen molar-refractivity contribution in [3.8, 4) is 0 Å². The Kier molecular flexibility index (Phi) is 19.2. The molecule has 0 aliphatic carbocycles. The number of amides is 2. The summed E-state index contributed by atoms with van der Waals surface area (Å²) in [6, 6.07) is 2.42. The molecule has 70 heavy (non-hydrogen) atoms. The van der Waals surface area contributed by atoms with Gasteiger partial charge >= 0.3 is 53.7 Å². The summed E-state index contributed by atoms with van der Waals surface area (Å²) in [5.74, 6) is -9.31. The molecule has 2 aliphatic rings. The average Bonchev–Trinajstić information content (AvgIpc) is 3.55. The Morgan fingerprint density at radius 3 is 1.34 bits per heavy atom. The Morgan fingerprint density at radius 2 is 1.01 bits per heavy atom. The molecular formula is C42H59ClF4N6O17. The SMILES string of the molecule is CC(C)(C)OC(=O)Nc1ccn(C[C@@H]2O[C@H](CO)[C@@H](OC(=O)OC(C)(C)C)C2(F)F)c(=O)n1.CC(C)(C)OC(=O)Nc1ccn(C[C@@H]2O[C@H](COC(=O)CCl)[C@@H](OC(=O)OC(C)(C)C)C2(F)F)c(=O)n1. The van der Waals surface area contributed by atoms with Gasteiger partial charge in [-0.3, -0.25) is 24.6 Å². The maximum atomic E-state index is 15.3. The molecule has 6 atom stereocenters. The zero-order valence-corrected chi connectivity index (χ0v) is 41.2. The van der Waals surface area contributed by atoms with Gasteiger partial charge < -0.3 is 47.7 Å². The molecule has 2 fully saturated rings. The largest absolute Gasteiger partial charge is 0.509 e. The number of nitrogens with one attached hydrogen (secondary N) is 2. The Balaban J connectivity index is 0.000000373. The van der Waals surface area contributed by atoms with E-state index in [2.05, 4.69) is 20.6 Å². The number of aliphatic hydroxyl groups is 1. The van der Waals surface area contributed by atoms with E-state index in [-0.39, 0.29) is 11.6 Å². The highest BCUT2D eigenvalue weighted by molar-refractivity contribution is 6.26. The number of nitrogens with zero attached hydrogens (tertiary/aromatic N) is 4. The summed E-state index contributed by atoms with van der Waals surface area (Å²) in [6.45, 7) is 16.1. The molecule has 3 N–H and O–H groups in total. The number of hydrogen-bond donors (Lipinski definition) is 3. The first kappa shape index (κ1) is 58.5. The lowest BCUT2D eigenvalue weighted by Crippen LogP contribution is -2.46. The number of halogens is 5. The van der Waals surface area contributed by atoms with Crippen LogP contribution < -0.4 is 22.0 Å². The lowest BCUT2D eigenvalue weighted by atomic mass is 10.1. The fourth-order valence-corrected chi connectivity index (χ4v) is 6.01. The molecule has 394 valence electrons. The number of rotatable bonds is 12. The third-order valence-corrected chi connectivity index (χ3v) is 8.84. The standard InChI is InChI=1S/C22H30ClF2N3O9.C20H29F2N3O8/c1-20(2,3)36-18(31)27-14-7-8-28(17(30)26-14)10-13-22(24,25)16(35-19(32)37-21(4,5)6)12(34-13)11-33-15(29)9-23;1-18(2,3)32-16(28)24-13-7-8-25(15(27)23-13)9-12-20(21,22)14(11(10-26)30-12)31-17(29)33-19(4,5)6/h7-8,12-13,16H,9-11H2,1-6H3,(H,26,27,30,31);7-8,11-12,14,26H,9-10H2,1-6H3,(H,23,24,27,28)/t12-,13+,16-;11-,12+,14-/m11/s1. The fraction of sp³-hybridized carbons (Fsp3) is 0.690. The van der Waals surface area contributed by atoms with Crippen LogP contribution in [-0.4, -0.2) is 145 Å². The van der Waals surface area contributed by atoms with Crippen LogP contribution in [0.15, 0.2) is 34.1 Å². The predicted molar refractivity (Wildman–Crippen MR) is 235 cm³/mol. The smallest absolute Gasteiger partial charge is 0.462 e. The van der Waals surface area contributed by atoms with Crippen molar-refractivity contribution in [2.45, 2.75) is 167 Å². The van der Waals surface area contributed by atoms with Gasteiger partial charge in [0.1, 0.15) is 70.9 Å². The highest BCUT2D eigenvalue weighted by atomic mass is 35.5. The summed E-state index contributed by atoms with van der Waals surface area (Å²) < 4.78 is 107. The zero-order chi connectivity index (χ0) is 53.4. The van der Waals surface area contributed by atoms with Crippen LogP contribution in [0.3, 0.4) is 0 Å². The Hall–Kier alpha value is -5.80. The Morgan fingerprint density at radius 1 is 0.657 bits per heavy atom. The van der Waals surface area contributed by atoms with Gasteiger partial charge in [0.15, 0.2) is 6.10 Å². The minimum Gasteiger partial charge on any atom is -0.462 e. The average molecular weight is 1030 g/mol. The summed E-state index contributed by atoms with van der Waals surface area (Å²) in [7, 11) is 0. The molecule has 2 saturated heterocycles. The number of anilines is 2. The van der Waals surface area contributed by atoms with E-state index in [0.717, 1.165) is 21.5 Å². The highest BCUT2D eigenvalue weighted by Crippen LogP contribution is 2.41. The second-order valence-electron chi connectivity index (χ2n) is 19.4. The van der Waals surface area contributed by atoms with Crippen LogP contribution in [0.4, 0.5) is 48.4 Å². The van der Waals surface area contributed by atoms with E-state index in [1.165, 1.54) is 53.7 Å². The lowest BCUT2D eigenvalue weighted by molar-refractivity contribution is -0.147. The molecule has 0 spiro atoms. The van der Waals surface area contributed by atoms with Crippen molar-refractivity contribution < 1.29 is 89.3 Å². The van der Waals surface area contributed by atoms with Crippen molar-refractivity contribution in [2.75, 3.05) is 29.7 Å².